The number of nitrogens with zero attached hydrogens (tertiary/aromatic N) is 1. The van der Waals surface area contributed by atoms with Crippen molar-refractivity contribution in [2.75, 3.05) is 6.54 Å². The Balaban J connectivity index is 2.71. The number of aromatic nitrogens is 1. The largest absolute Gasteiger partial charge is 0.308 e. The van der Waals surface area contributed by atoms with E-state index in [9.17, 15) is 0 Å². The van der Waals surface area contributed by atoms with Gasteiger partial charge in [-0.1, -0.05) is 13.0 Å². The van der Waals surface area contributed by atoms with Gasteiger partial charge in [-0.15, -0.1) is 12.3 Å². The van der Waals surface area contributed by atoms with Crippen LogP contribution in [0.2, 0.25) is 0 Å². The van der Waals surface area contributed by atoms with Gasteiger partial charge in [-0.2, -0.15) is 0 Å². The molecule has 0 saturated carbocycles. The normalized spacial score (nSPS) is 12.0. The SMILES string of the molecule is C#CCC(NCC)c1ccccn1. The van der Waals surface area contributed by atoms with Crippen LogP contribution in [-0.2, 0) is 0 Å². The predicted octanol–water partition coefficient (Wildman–Crippen LogP) is 1.76. The van der Waals surface area contributed by atoms with Gasteiger partial charge in [-0.3, -0.25) is 4.98 Å². The lowest BCUT2D eigenvalue weighted by Crippen LogP contribution is -2.21. The van der Waals surface area contributed by atoms with Crippen LogP contribution < -0.4 is 5.32 Å². The van der Waals surface area contributed by atoms with Gasteiger partial charge in [0.25, 0.3) is 0 Å². The van der Waals surface area contributed by atoms with Gasteiger partial charge < -0.3 is 5.32 Å². The summed E-state index contributed by atoms with van der Waals surface area (Å²) in [5.74, 6) is 2.65. The first-order valence-electron chi connectivity index (χ1n) is 4.46. The second-order valence-corrected chi connectivity index (χ2v) is 2.77. The highest BCUT2D eigenvalue weighted by molar-refractivity contribution is 5.11. The number of pyridine rings is 1. The molecule has 0 amide bonds. The summed E-state index contributed by atoms with van der Waals surface area (Å²) in [5.41, 5.74) is 1.02. The van der Waals surface area contributed by atoms with E-state index >= 15 is 0 Å². The number of rotatable bonds is 4. The summed E-state index contributed by atoms with van der Waals surface area (Å²) in [4.78, 5) is 4.26. The van der Waals surface area contributed by atoms with Gasteiger partial charge in [0.2, 0.25) is 0 Å². The quantitative estimate of drug-likeness (QED) is 0.703. The maximum absolute atomic E-state index is 5.28. The van der Waals surface area contributed by atoms with Crippen molar-refractivity contribution >= 4 is 0 Å². The molecule has 1 aromatic heterocycles. The highest BCUT2D eigenvalue weighted by Gasteiger charge is 2.08. The topological polar surface area (TPSA) is 24.9 Å². The lowest BCUT2D eigenvalue weighted by atomic mass is 10.1. The van der Waals surface area contributed by atoms with Crippen molar-refractivity contribution in [2.45, 2.75) is 19.4 Å². The Kier molecular flexibility index (Phi) is 4.01. The minimum absolute atomic E-state index is 0.191. The fourth-order valence-corrected chi connectivity index (χ4v) is 1.23. The number of hydrogen-bond acceptors (Lipinski definition) is 2. The molecular weight excluding hydrogens is 160 g/mol. The summed E-state index contributed by atoms with van der Waals surface area (Å²) in [7, 11) is 0. The van der Waals surface area contributed by atoms with E-state index in [1.165, 1.54) is 0 Å². The van der Waals surface area contributed by atoms with Crippen molar-refractivity contribution in [3.63, 3.8) is 0 Å². The van der Waals surface area contributed by atoms with E-state index in [0.717, 1.165) is 12.2 Å². The molecule has 1 unspecified atom stereocenters. The van der Waals surface area contributed by atoms with Gasteiger partial charge in [0, 0.05) is 12.6 Å². The Hall–Kier alpha value is -1.33. The predicted molar refractivity (Wildman–Crippen MR) is 54.1 cm³/mol. The van der Waals surface area contributed by atoms with E-state index in [1.54, 1.807) is 6.20 Å². The molecule has 1 heterocycles. The lowest BCUT2D eigenvalue weighted by Gasteiger charge is -2.13. The fourth-order valence-electron chi connectivity index (χ4n) is 1.23. The van der Waals surface area contributed by atoms with Gasteiger partial charge in [0.15, 0.2) is 0 Å². The highest BCUT2D eigenvalue weighted by Crippen LogP contribution is 2.12. The smallest absolute Gasteiger partial charge is 0.0605 e. The summed E-state index contributed by atoms with van der Waals surface area (Å²) >= 11 is 0. The molecule has 68 valence electrons. The zero-order chi connectivity index (χ0) is 9.52. The van der Waals surface area contributed by atoms with Gasteiger partial charge in [-0.25, -0.2) is 0 Å². The van der Waals surface area contributed by atoms with E-state index in [1.807, 2.05) is 18.2 Å². The van der Waals surface area contributed by atoms with Crippen LogP contribution in [-0.4, -0.2) is 11.5 Å². The van der Waals surface area contributed by atoms with Gasteiger partial charge in [0.1, 0.15) is 0 Å². The van der Waals surface area contributed by atoms with Crippen LogP contribution >= 0.6 is 0 Å². The monoisotopic (exact) mass is 174 g/mol. The van der Waals surface area contributed by atoms with Gasteiger partial charge in [0.05, 0.1) is 11.7 Å². The van der Waals surface area contributed by atoms with E-state index in [4.69, 9.17) is 6.42 Å². The van der Waals surface area contributed by atoms with E-state index < -0.39 is 0 Å². The number of terminal acetylenes is 1. The fraction of sp³-hybridized carbons (Fsp3) is 0.364. The molecule has 0 saturated heterocycles. The van der Waals surface area contributed by atoms with Crippen molar-refractivity contribution < 1.29 is 0 Å². The molecule has 0 aromatic carbocycles. The Morgan fingerprint density at radius 2 is 2.46 bits per heavy atom. The van der Waals surface area contributed by atoms with E-state index in [2.05, 4.69) is 23.1 Å². The standard InChI is InChI=1S/C11H14N2/c1-3-7-10(12-4-2)11-8-5-6-9-13-11/h1,5-6,8-10,12H,4,7H2,2H3. The summed E-state index contributed by atoms with van der Waals surface area (Å²) in [6.45, 7) is 2.97. The minimum atomic E-state index is 0.191. The van der Waals surface area contributed by atoms with Crippen molar-refractivity contribution in [1.29, 1.82) is 0 Å². The average molecular weight is 174 g/mol. The zero-order valence-electron chi connectivity index (χ0n) is 7.83. The van der Waals surface area contributed by atoms with Crippen molar-refractivity contribution in [3.05, 3.63) is 30.1 Å². The highest BCUT2D eigenvalue weighted by atomic mass is 14.9. The molecule has 2 heteroatoms. The van der Waals surface area contributed by atoms with Crippen LogP contribution in [0.15, 0.2) is 24.4 Å². The second kappa shape index (κ2) is 5.34. The first-order chi connectivity index (χ1) is 6.38. The summed E-state index contributed by atoms with van der Waals surface area (Å²) in [6, 6.07) is 6.06. The Morgan fingerprint density at radius 3 is 3.00 bits per heavy atom. The second-order valence-electron chi connectivity index (χ2n) is 2.77. The van der Waals surface area contributed by atoms with Crippen molar-refractivity contribution in [1.82, 2.24) is 10.3 Å². The third-order valence-corrected chi connectivity index (χ3v) is 1.82. The van der Waals surface area contributed by atoms with Crippen LogP contribution in [0, 0.1) is 12.3 Å². The van der Waals surface area contributed by atoms with Crippen LogP contribution in [0.1, 0.15) is 25.1 Å². The van der Waals surface area contributed by atoms with E-state index in [-0.39, 0.29) is 6.04 Å². The molecule has 1 rings (SSSR count). The third-order valence-electron chi connectivity index (χ3n) is 1.82. The van der Waals surface area contributed by atoms with Crippen LogP contribution in [0.4, 0.5) is 0 Å². The summed E-state index contributed by atoms with van der Waals surface area (Å²) in [6.07, 6.45) is 7.75. The van der Waals surface area contributed by atoms with E-state index in [0.29, 0.717) is 6.42 Å². The van der Waals surface area contributed by atoms with Crippen molar-refractivity contribution in [2.24, 2.45) is 0 Å². The molecule has 1 aromatic rings. The first kappa shape index (κ1) is 9.76. The Bertz CT molecular complexity index is 274. The molecule has 0 radical (unpaired) electrons. The maximum Gasteiger partial charge on any atom is 0.0605 e. The summed E-state index contributed by atoms with van der Waals surface area (Å²) in [5, 5.41) is 3.29. The molecule has 0 spiro atoms. The van der Waals surface area contributed by atoms with Crippen LogP contribution in [0.25, 0.3) is 0 Å². The molecule has 13 heavy (non-hydrogen) atoms. The van der Waals surface area contributed by atoms with Gasteiger partial charge in [-0.05, 0) is 18.7 Å². The number of nitrogens with one attached hydrogen (secondary N) is 1. The maximum atomic E-state index is 5.28. The minimum Gasteiger partial charge on any atom is -0.308 e. The molecule has 0 bridgehead atoms. The molecule has 1 N–H and O–H groups in total. The molecular formula is C11H14N2. The Morgan fingerprint density at radius 1 is 1.62 bits per heavy atom. The van der Waals surface area contributed by atoms with Crippen LogP contribution in [0.5, 0.6) is 0 Å². The molecule has 1 atom stereocenters. The molecule has 0 fully saturated rings. The van der Waals surface area contributed by atoms with Crippen LogP contribution in [0.3, 0.4) is 0 Å². The lowest BCUT2D eigenvalue weighted by molar-refractivity contribution is 0.551. The van der Waals surface area contributed by atoms with Gasteiger partial charge >= 0.3 is 0 Å². The molecule has 0 aliphatic heterocycles. The Labute approximate surface area is 79.4 Å². The average Bonchev–Trinajstić information content (AvgIpc) is 2.19. The molecule has 2 nitrogen and oxygen atoms in total. The third kappa shape index (κ3) is 2.89. The summed E-state index contributed by atoms with van der Waals surface area (Å²) < 4.78 is 0. The molecule has 0 aliphatic rings. The first-order valence-corrected chi connectivity index (χ1v) is 4.46. The zero-order valence-corrected chi connectivity index (χ0v) is 7.83. The molecule has 0 aliphatic carbocycles. The number of hydrogen-bond donors (Lipinski definition) is 1. The van der Waals surface area contributed by atoms with Crippen molar-refractivity contribution in [3.8, 4) is 12.3 Å².